The number of rotatable bonds is 6. The van der Waals surface area contributed by atoms with Crippen LogP contribution in [0, 0.1) is 0 Å². The molecule has 0 amide bonds. The Morgan fingerprint density at radius 2 is 0.875 bits per heavy atom. The summed E-state index contributed by atoms with van der Waals surface area (Å²) in [5, 5.41) is 10.5. The molecule has 4 heterocycles. The van der Waals surface area contributed by atoms with Gasteiger partial charge in [-0.15, -0.1) is 22.7 Å². The highest BCUT2D eigenvalue weighted by Crippen LogP contribution is 2.46. The number of fused-ring (bicyclic) bond motifs is 2. The minimum atomic E-state index is 0.872. The highest BCUT2D eigenvalue weighted by molar-refractivity contribution is 7.13. The molecular formula is C42H26N4S2. The minimum Gasteiger partial charge on any atom is -0.254 e. The first-order valence-electron chi connectivity index (χ1n) is 15.7. The zero-order valence-corrected chi connectivity index (χ0v) is 27.2. The third kappa shape index (κ3) is 4.99. The zero-order chi connectivity index (χ0) is 31.9. The molecule has 5 aromatic carbocycles. The Labute approximate surface area is 285 Å². The second-order valence-corrected chi connectivity index (χ2v) is 13.3. The van der Waals surface area contributed by atoms with Gasteiger partial charge in [-0.1, -0.05) is 91.0 Å². The number of nitrogens with zero attached hydrogens (tertiary/aromatic N) is 4. The van der Waals surface area contributed by atoms with E-state index in [1.54, 1.807) is 22.7 Å². The van der Waals surface area contributed by atoms with Gasteiger partial charge >= 0.3 is 0 Å². The van der Waals surface area contributed by atoms with E-state index in [1.807, 2.05) is 35.5 Å². The van der Waals surface area contributed by atoms with Crippen LogP contribution in [0.2, 0.25) is 0 Å². The average molecular weight is 651 g/mol. The standard InChI is InChI=1S/C42H26N4S2/c1-2-8-27(9-3-1)31-10-4-5-11-32(31)28-14-15-35-36(24-28)40(30-17-19-44-38(26-30)42-46-21-23-48-42)34-13-7-6-12-33(34)39(35)29-16-18-43-37(25-29)41-45-20-22-47-41/h1-26H. The van der Waals surface area contributed by atoms with Crippen molar-refractivity contribution in [3.63, 3.8) is 0 Å². The van der Waals surface area contributed by atoms with Crippen molar-refractivity contribution in [1.82, 2.24) is 19.9 Å². The van der Waals surface area contributed by atoms with Crippen LogP contribution in [0.3, 0.4) is 0 Å². The Balaban J connectivity index is 1.36. The number of hydrogen-bond donors (Lipinski definition) is 0. The third-order valence-electron chi connectivity index (χ3n) is 8.75. The molecule has 0 aliphatic carbocycles. The maximum Gasteiger partial charge on any atom is 0.141 e. The molecule has 4 nitrogen and oxygen atoms in total. The summed E-state index contributed by atoms with van der Waals surface area (Å²) >= 11 is 3.20. The topological polar surface area (TPSA) is 51.6 Å². The summed E-state index contributed by atoms with van der Waals surface area (Å²) in [6.07, 6.45) is 7.46. The van der Waals surface area contributed by atoms with E-state index < -0.39 is 0 Å². The SMILES string of the molecule is c1ccc(-c2ccccc2-c2ccc3c(-c4ccnc(-c5nccs5)c4)c4ccccc4c(-c4ccnc(-c5nccs5)c4)c3c2)cc1. The molecule has 9 aromatic rings. The third-order valence-corrected chi connectivity index (χ3v) is 10.3. The van der Waals surface area contributed by atoms with Crippen LogP contribution in [0.4, 0.5) is 0 Å². The van der Waals surface area contributed by atoms with Crippen LogP contribution in [0.5, 0.6) is 0 Å². The van der Waals surface area contributed by atoms with Gasteiger partial charge in [-0.2, -0.15) is 0 Å². The summed E-state index contributed by atoms with van der Waals surface area (Å²) in [7, 11) is 0. The minimum absolute atomic E-state index is 0.872. The van der Waals surface area contributed by atoms with E-state index in [0.29, 0.717) is 0 Å². The van der Waals surface area contributed by atoms with E-state index in [9.17, 15) is 0 Å². The van der Waals surface area contributed by atoms with Gasteiger partial charge in [-0.25, -0.2) is 9.97 Å². The van der Waals surface area contributed by atoms with E-state index in [1.165, 1.54) is 49.4 Å². The molecule has 0 aliphatic rings. The van der Waals surface area contributed by atoms with E-state index >= 15 is 0 Å². The van der Waals surface area contributed by atoms with Gasteiger partial charge in [-0.3, -0.25) is 9.97 Å². The Morgan fingerprint density at radius 3 is 1.46 bits per heavy atom. The summed E-state index contributed by atoms with van der Waals surface area (Å²) in [5.74, 6) is 0. The van der Waals surface area contributed by atoms with Crippen molar-refractivity contribution < 1.29 is 0 Å². The highest BCUT2D eigenvalue weighted by atomic mass is 32.1. The van der Waals surface area contributed by atoms with Gasteiger partial charge in [0.15, 0.2) is 0 Å². The smallest absolute Gasteiger partial charge is 0.141 e. The van der Waals surface area contributed by atoms with Crippen LogP contribution < -0.4 is 0 Å². The van der Waals surface area contributed by atoms with E-state index in [4.69, 9.17) is 9.97 Å². The maximum atomic E-state index is 4.71. The van der Waals surface area contributed by atoms with Crippen molar-refractivity contribution >= 4 is 44.2 Å². The lowest BCUT2D eigenvalue weighted by atomic mass is 9.84. The van der Waals surface area contributed by atoms with Crippen LogP contribution in [0.25, 0.3) is 87.5 Å². The monoisotopic (exact) mass is 650 g/mol. The fraction of sp³-hybridized carbons (Fsp3) is 0. The first-order chi connectivity index (χ1) is 23.8. The molecule has 0 saturated heterocycles. The lowest BCUT2D eigenvalue weighted by Gasteiger charge is -2.19. The summed E-state index contributed by atoms with van der Waals surface area (Å²) in [6, 6.07) is 43.5. The number of thiazole rings is 2. The summed E-state index contributed by atoms with van der Waals surface area (Å²) in [6.45, 7) is 0. The predicted molar refractivity (Wildman–Crippen MR) is 201 cm³/mol. The molecule has 0 N–H and O–H groups in total. The second kappa shape index (κ2) is 12.1. The summed E-state index contributed by atoms with van der Waals surface area (Å²) in [4.78, 5) is 18.5. The molecule has 0 radical (unpaired) electrons. The van der Waals surface area contributed by atoms with E-state index in [2.05, 4.69) is 131 Å². The number of pyridine rings is 2. The van der Waals surface area contributed by atoms with Gasteiger partial charge in [0.1, 0.15) is 10.0 Å². The second-order valence-electron chi connectivity index (χ2n) is 11.5. The molecule has 4 aromatic heterocycles. The molecular weight excluding hydrogens is 625 g/mol. The highest BCUT2D eigenvalue weighted by Gasteiger charge is 2.20. The van der Waals surface area contributed by atoms with Crippen molar-refractivity contribution in [2.75, 3.05) is 0 Å². The number of aromatic nitrogens is 4. The molecule has 226 valence electrons. The molecule has 9 rings (SSSR count). The first-order valence-corrected chi connectivity index (χ1v) is 17.4. The fourth-order valence-electron chi connectivity index (χ4n) is 6.68. The van der Waals surface area contributed by atoms with Crippen molar-refractivity contribution in [3.05, 3.63) is 157 Å². The molecule has 0 spiro atoms. The van der Waals surface area contributed by atoms with Crippen molar-refractivity contribution in [2.24, 2.45) is 0 Å². The largest absolute Gasteiger partial charge is 0.254 e. The van der Waals surface area contributed by atoms with Crippen LogP contribution in [-0.4, -0.2) is 19.9 Å². The molecule has 0 atom stereocenters. The molecule has 0 fully saturated rings. The van der Waals surface area contributed by atoms with Gasteiger partial charge in [0.25, 0.3) is 0 Å². The van der Waals surface area contributed by atoms with Crippen molar-refractivity contribution in [3.8, 4) is 65.9 Å². The van der Waals surface area contributed by atoms with Crippen LogP contribution in [-0.2, 0) is 0 Å². The Kier molecular flexibility index (Phi) is 7.15. The lowest BCUT2D eigenvalue weighted by Crippen LogP contribution is -1.94. The number of hydrogen-bond acceptors (Lipinski definition) is 6. The van der Waals surface area contributed by atoms with Gasteiger partial charge in [0.05, 0.1) is 11.4 Å². The molecule has 0 saturated carbocycles. The van der Waals surface area contributed by atoms with Gasteiger partial charge < -0.3 is 0 Å². The molecule has 0 unspecified atom stereocenters. The van der Waals surface area contributed by atoms with Crippen molar-refractivity contribution in [1.29, 1.82) is 0 Å². The summed E-state index contributed by atoms with van der Waals surface area (Å²) in [5.41, 5.74) is 11.1. The van der Waals surface area contributed by atoms with Crippen LogP contribution in [0.1, 0.15) is 0 Å². The van der Waals surface area contributed by atoms with Gasteiger partial charge in [0, 0.05) is 35.5 Å². The van der Waals surface area contributed by atoms with E-state index in [-0.39, 0.29) is 0 Å². The Bertz CT molecular complexity index is 2560. The number of benzene rings is 5. The van der Waals surface area contributed by atoms with E-state index in [0.717, 1.165) is 38.1 Å². The molecule has 0 bridgehead atoms. The van der Waals surface area contributed by atoms with Crippen molar-refractivity contribution in [2.45, 2.75) is 0 Å². The molecule has 0 aliphatic heterocycles. The van der Waals surface area contributed by atoms with Crippen LogP contribution >= 0.6 is 22.7 Å². The summed E-state index contributed by atoms with van der Waals surface area (Å²) < 4.78 is 0. The van der Waals surface area contributed by atoms with Crippen LogP contribution in [0.15, 0.2) is 157 Å². The quantitative estimate of drug-likeness (QED) is 0.168. The van der Waals surface area contributed by atoms with Gasteiger partial charge in [-0.05, 0) is 96.4 Å². The first kappa shape index (κ1) is 28.4. The van der Waals surface area contributed by atoms with Gasteiger partial charge in [0.2, 0.25) is 0 Å². The predicted octanol–water partition coefficient (Wildman–Crippen LogP) is 11.7. The normalized spacial score (nSPS) is 11.3. The Morgan fingerprint density at radius 1 is 0.354 bits per heavy atom. The zero-order valence-electron chi connectivity index (χ0n) is 25.6. The maximum absolute atomic E-state index is 4.71. The Hall–Kier alpha value is -5.82. The average Bonchev–Trinajstić information content (AvgIpc) is 3.90. The molecule has 48 heavy (non-hydrogen) atoms. The molecule has 6 heteroatoms. The fourth-order valence-corrected chi connectivity index (χ4v) is 7.89. The lowest BCUT2D eigenvalue weighted by molar-refractivity contribution is 1.29.